The lowest BCUT2D eigenvalue weighted by molar-refractivity contribution is -0.110. The SMILES string of the molecule is O=CNC1CCc2cc(Br)ccc2C1. The standard InChI is InChI=1S/C11H12BrNO/c12-10-3-1-9-6-11(13-7-14)4-2-8(9)5-10/h1,3,5,7,11H,2,4,6H2,(H,13,14). The third-order valence-corrected chi connectivity index (χ3v) is 3.19. The topological polar surface area (TPSA) is 29.1 Å². The second-order valence-corrected chi connectivity index (χ2v) is 4.55. The van der Waals surface area contributed by atoms with Crippen LogP contribution in [0.1, 0.15) is 17.5 Å². The lowest BCUT2D eigenvalue weighted by Crippen LogP contribution is -2.33. The highest BCUT2D eigenvalue weighted by molar-refractivity contribution is 9.10. The first kappa shape index (κ1) is 9.71. The zero-order valence-corrected chi connectivity index (χ0v) is 9.38. The summed E-state index contributed by atoms with van der Waals surface area (Å²) in [5.41, 5.74) is 2.77. The van der Waals surface area contributed by atoms with Crippen molar-refractivity contribution in [2.75, 3.05) is 0 Å². The third-order valence-electron chi connectivity index (χ3n) is 2.70. The van der Waals surface area contributed by atoms with Gasteiger partial charge in [-0.1, -0.05) is 22.0 Å². The van der Waals surface area contributed by atoms with Crippen LogP contribution < -0.4 is 5.32 Å². The van der Waals surface area contributed by atoms with Gasteiger partial charge in [0.05, 0.1) is 0 Å². The fraction of sp³-hybridized carbons (Fsp3) is 0.364. The van der Waals surface area contributed by atoms with Crippen molar-refractivity contribution < 1.29 is 4.79 Å². The molecule has 1 aliphatic carbocycles. The predicted octanol–water partition coefficient (Wildman–Crippen LogP) is 2.05. The van der Waals surface area contributed by atoms with Crippen molar-refractivity contribution in [1.29, 1.82) is 0 Å². The molecule has 1 aromatic carbocycles. The van der Waals surface area contributed by atoms with E-state index in [4.69, 9.17) is 0 Å². The van der Waals surface area contributed by atoms with Crippen molar-refractivity contribution in [1.82, 2.24) is 5.32 Å². The molecule has 0 bridgehead atoms. The molecular weight excluding hydrogens is 242 g/mol. The molecule has 0 saturated heterocycles. The zero-order chi connectivity index (χ0) is 9.97. The highest BCUT2D eigenvalue weighted by Gasteiger charge is 2.17. The van der Waals surface area contributed by atoms with Gasteiger partial charge >= 0.3 is 0 Å². The number of carbonyl (C=O) groups is 1. The van der Waals surface area contributed by atoms with E-state index in [2.05, 4.69) is 39.4 Å². The summed E-state index contributed by atoms with van der Waals surface area (Å²) in [6.45, 7) is 0. The van der Waals surface area contributed by atoms with Gasteiger partial charge in [-0.15, -0.1) is 0 Å². The van der Waals surface area contributed by atoms with Gasteiger partial charge in [-0.25, -0.2) is 0 Å². The predicted molar refractivity (Wildman–Crippen MR) is 59.2 cm³/mol. The molecule has 0 heterocycles. The Bertz CT molecular complexity index is 351. The second kappa shape index (κ2) is 4.13. The molecule has 1 amide bonds. The van der Waals surface area contributed by atoms with Gasteiger partial charge in [-0.05, 0) is 42.5 Å². The summed E-state index contributed by atoms with van der Waals surface area (Å²) < 4.78 is 1.14. The smallest absolute Gasteiger partial charge is 0.207 e. The van der Waals surface area contributed by atoms with Gasteiger partial charge in [0.25, 0.3) is 0 Å². The van der Waals surface area contributed by atoms with E-state index in [1.807, 2.05) is 0 Å². The molecule has 2 rings (SSSR count). The lowest BCUT2D eigenvalue weighted by Gasteiger charge is -2.24. The zero-order valence-electron chi connectivity index (χ0n) is 7.79. The quantitative estimate of drug-likeness (QED) is 0.804. The Labute approximate surface area is 91.8 Å². The number of carbonyl (C=O) groups excluding carboxylic acids is 1. The first-order valence-corrected chi connectivity index (χ1v) is 5.56. The van der Waals surface area contributed by atoms with Crippen molar-refractivity contribution >= 4 is 22.3 Å². The minimum absolute atomic E-state index is 0.321. The minimum Gasteiger partial charge on any atom is -0.356 e. The van der Waals surface area contributed by atoms with Crippen LogP contribution in [-0.2, 0) is 17.6 Å². The first-order chi connectivity index (χ1) is 6.79. The Morgan fingerprint density at radius 3 is 3.07 bits per heavy atom. The summed E-state index contributed by atoms with van der Waals surface area (Å²) in [5.74, 6) is 0. The summed E-state index contributed by atoms with van der Waals surface area (Å²) >= 11 is 3.46. The summed E-state index contributed by atoms with van der Waals surface area (Å²) in [7, 11) is 0. The third kappa shape index (κ3) is 1.98. The molecule has 0 saturated carbocycles. The summed E-state index contributed by atoms with van der Waals surface area (Å²) in [5, 5.41) is 2.85. The van der Waals surface area contributed by atoms with Crippen molar-refractivity contribution in [2.24, 2.45) is 0 Å². The maximum Gasteiger partial charge on any atom is 0.207 e. The summed E-state index contributed by atoms with van der Waals surface area (Å²) in [6.07, 6.45) is 3.86. The highest BCUT2D eigenvalue weighted by Crippen LogP contribution is 2.24. The second-order valence-electron chi connectivity index (χ2n) is 3.64. The van der Waals surface area contributed by atoms with Crippen LogP contribution in [0.4, 0.5) is 0 Å². The molecule has 14 heavy (non-hydrogen) atoms. The van der Waals surface area contributed by atoms with Crippen LogP contribution >= 0.6 is 15.9 Å². The van der Waals surface area contributed by atoms with Gasteiger partial charge in [0.1, 0.15) is 0 Å². The van der Waals surface area contributed by atoms with E-state index < -0.39 is 0 Å². The van der Waals surface area contributed by atoms with E-state index in [1.165, 1.54) is 11.1 Å². The lowest BCUT2D eigenvalue weighted by atomic mass is 9.88. The summed E-state index contributed by atoms with van der Waals surface area (Å²) in [4.78, 5) is 10.3. The van der Waals surface area contributed by atoms with E-state index in [9.17, 15) is 4.79 Å². The number of hydrogen-bond acceptors (Lipinski definition) is 1. The molecule has 1 aromatic rings. The number of amides is 1. The Balaban J connectivity index is 2.18. The number of fused-ring (bicyclic) bond motifs is 1. The molecular formula is C11H12BrNO. The minimum atomic E-state index is 0.321. The molecule has 0 spiro atoms. The van der Waals surface area contributed by atoms with E-state index in [0.717, 1.165) is 30.1 Å². The Morgan fingerprint density at radius 1 is 1.43 bits per heavy atom. The molecule has 0 radical (unpaired) electrons. The number of hydrogen-bond donors (Lipinski definition) is 1. The normalized spacial score (nSPS) is 19.9. The molecule has 0 aliphatic heterocycles. The average molecular weight is 254 g/mol. The number of nitrogens with one attached hydrogen (secondary N) is 1. The first-order valence-electron chi connectivity index (χ1n) is 4.76. The Hall–Kier alpha value is -0.830. The van der Waals surface area contributed by atoms with E-state index in [1.54, 1.807) is 0 Å². The molecule has 3 heteroatoms. The molecule has 1 N–H and O–H groups in total. The van der Waals surface area contributed by atoms with Gasteiger partial charge in [-0.3, -0.25) is 4.79 Å². The van der Waals surface area contributed by atoms with Crippen LogP contribution in [0.2, 0.25) is 0 Å². The Kier molecular flexibility index (Phi) is 2.87. The fourth-order valence-electron chi connectivity index (χ4n) is 1.96. The number of aryl methyl sites for hydroxylation is 1. The molecule has 2 nitrogen and oxygen atoms in total. The van der Waals surface area contributed by atoms with Gasteiger partial charge in [0, 0.05) is 10.5 Å². The van der Waals surface area contributed by atoms with Crippen LogP contribution in [0.3, 0.4) is 0 Å². The van der Waals surface area contributed by atoms with E-state index >= 15 is 0 Å². The highest BCUT2D eigenvalue weighted by atomic mass is 79.9. The van der Waals surface area contributed by atoms with Gasteiger partial charge in [-0.2, -0.15) is 0 Å². The Morgan fingerprint density at radius 2 is 2.29 bits per heavy atom. The van der Waals surface area contributed by atoms with E-state index in [0.29, 0.717) is 6.04 Å². The molecule has 1 aliphatic rings. The van der Waals surface area contributed by atoms with Crippen LogP contribution in [-0.4, -0.2) is 12.5 Å². The molecule has 1 unspecified atom stereocenters. The number of rotatable bonds is 2. The van der Waals surface area contributed by atoms with Crippen LogP contribution in [0.5, 0.6) is 0 Å². The maximum absolute atomic E-state index is 10.3. The molecule has 1 atom stereocenters. The summed E-state index contributed by atoms with van der Waals surface area (Å²) in [6, 6.07) is 6.69. The van der Waals surface area contributed by atoms with E-state index in [-0.39, 0.29) is 0 Å². The maximum atomic E-state index is 10.3. The largest absolute Gasteiger partial charge is 0.356 e. The molecule has 0 fully saturated rings. The van der Waals surface area contributed by atoms with Gasteiger partial charge < -0.3 is 5.32 Å². The van der Waals surface area contributed by atoms with Crippen LogP contribution in [0.25, 0.3) is 0 Å². The van der Waals surface area contributed by atoms with Crippen LogP contribution in [0.15, 0.2) is 22.7 Å². The van der Waals surface area contributed by atoms with Crippen LogP contribution in [0, 0.1) is 0 Å². The average Bonchev–Trinajstić information content (AvgIpc) is 2.19. The van der Waals surface area contributed by atoms with Gasteiger partial charge in [0.2, 0.25) is 6.41 Å². The van der Waals surface area contributed by atoms with Gasteiger partial charge in [0.15, 0.2) is 0 Å². The fourth-order valence-corrected chi connectivity index (χ4v) is 2.37. The monoisotopic (exact) mass is 253 g/mol. The van der Waals surface area contributed by atoms with Crippen molar-refractivity contribution in [3.63, 3.8) is 0 Å². The molecule has 0 aromatic heterocycles. The molecule has 74 valence electrons. The van der Waals surface area contributed by atoms with Crippen molar-refractivity contribution in [3.8, 4) is 0 Å². The van der Waals surface area contributed by atoms with Crippen molar-refractivity contribution in [3.05, 3.63) is 33.8 Å². The number of benzene rings is 1. The van der Waals surface area contributed by atoms with Crippen molar-refractivity contribution in [2.45, 2.75) is 25.3 Å². The number of halogens is 1.